The summed E-state index contributed by atoms with van der Waals surface area (Å²) in [6, 6.07) is 20.7. The van der Waals surface area contributed by atoms with Crippen LogP contribution < -0.4 is 15.5 Å². The fraction of sp³-hybridized carbons (Fsp3) is 0.103. The second-order valence-corrected chi connectivity index (χ2v) is 9.30. The molecule has 6 nitrogen and oxygen atoms in total. The molecule has 1 aliphatic heterocycles. The van der Waals surface area contributed by atoms with Gasteiger partial charge in [0.1, 0.15) is 22.8 Å². The summed E-state index contributed by atoms with van der Waals surface area (Å²) >= 11 is 12.4. The number of hydrogen-bond donors (Lipinski definition) is 2. The zero-order valence-corrected chi connectivity index (χ0v) is 21.2. The van der Waals surface area contributed by atoms with E-state index in [-0.39, 0.29) is 27.1 Å². The van der Waals surface area contributed by atoms with E-state index in [1.54, 1.807) is 31.4 Å². The molecule has 0 saturated heterocycles. The largest absolute Gasteiger partial charge is 0.506 e. The standard InChI is InChI=1S/C29H21Cl2NO5/c1-36-19-8-2-16(3-9-19)10-11-32-29(35)18-6-4-17(5-7-18)28-20-12-22(30)24(33)14-26(20)37-27-15-25(34)23(31)13-21(27)28/h2-9,12-15,33H,10-11H2,1H3,(H,32,35). The van der Waals surface area contributed by atoms with E-state index < -0.39 is 0 Å². The number of nitrogens with one attached hydrogen (secondary N) is 1. The highest BCUT2D eigenvalue weighted by Gasteiger charge is 2.20. The van der Waals surface area contributed by atoms with E-state index in [0.717, 1.165) is 16.9 Å². The van der Waals surface area contributed by atoms with Crippen molar-refractivity contribution in [3.05, 3.63) is 104 Å². The van der Waals surface area contributed by atoms with Crippen LogP contribution >= 0.6 is 23.2 Å². The molecule has 37 heavy (non-hydrogen) atoms. The Kier molecular flexibility index (Phi) is 6.78. The Bertz CT molecular complexity index is 1640. The first-order valence-electron chi connectivity index (χ1n) is 11.4. The Morgan fingerprint density at radius 2 is 1.70 bits per heavy atom. The average Bonchev–Trinajstić information content (AvgIpc) is 2.90. The molecule has 2 N–H and O–H groups in total. The molecule has 0 aromatic heterocycles. The van der Waals surface area contributed by atoms with Gasteiger partial charge in [-0.2, -0.15) is 0 Å². The zero-order valence-electron chi connectivity index (χ0n) is 19.7. The van der Waals surface area contributed by atoms with Crippen LogP contribution in [-0.4, -0.2) is 24.7 Å². The lowest BCUT2D eigenvalue weighted by Crippen LogP contribution is -2.25. The van der Waals surface area contributed by atoms with E-state index in [4.69, 9.17) is 32.4 Å². The van der Waals surface area contributed by atoms with Gasteiger partial charge < -0.3 is 19.6 Å². The zero-order chi connectivity index (χ0) is 26.1. The molecule has 1 heterocycles. The number of hydrogen-bond acceptors (Lipinski definition) is 5. The van der Waals surface area contributed by atoms with Crippen molar-refractivity contribution in [2.75, 3.05) is 13.7 Å². The fourth-order valence-corrected chi connectivity index (χ4v) is 4.54. The molecule has 8 heteroatoms. The highest BCUT2D eigenvalue weighted by Crippen LogP contribution is 2.43. The average molecular weight is 534 g/mol. The van der Waals surface area contributed by atoms with Crippen molar-refractivity contribution >= 4 is 40.1 Å². The van der Waals surface area contributed by atoms with Gasteiger partial charge in [-0.3, -0.25) is 9.59 Å². The van der Waals surface area contributed by atoms with Crippen molar-refractivity contribution in [3.8, 4) is 33.9 Å². The van der Waals surface area contributed by atoms with Crippen molar-refractivity contribution in [1.29, 1.82) is 0 Å². The number of rotatable bonds is 6. The van der Waals surface area contributed by atoms with Crippen molar-refractivity contribution in [1.82, 2.24) is 5.32 Å². The molecule has 0 spiro atoms. The number of phenols is 1. The van der Waals surface area contributed by atoms with Gasteiger partial charge in [-0.25, -0.2) is 0 Å². The maximum absolute atomic E-state index is 12.7. The highest BCUT2D eigenvalue weighted by atomic mass is 35.5. The quantitative estimate of drug-likeness (QED) is 0.241. The molecule has 2 aliphatic rings. The molecule has 0 fully saturated rings. The van der Waals surface area contributed by atoms with Gasteiger partial charge in [0, 0.05) is 40.8 Å². The molecule has 3 aromatic rings. The second-order valence-electron chi connectivity index (χ2n) is 8.49. The SMILES string of the molecule is COc1ccc(CCNC(=O)c2ccc(-c3c4cc(Cl)c(=O)cc-4oc4cc(O)c(Cl)cc34)cc2)cc1. The van der Waals surface area contributed by atoms with E-state index in [1.807, 2.05) is 36.4 Å². The summed E-state index contributed by atoms with van der Waals surface area (Å²) in [5, 5.41) is 13.9. The molecule has 0 radical (unpaired) electrons. The van der Waals surface area contributed by atoms with Crippen LogP contribution in [0.4, 0.5) is 0 Å². The number of ether oxygens (including phenoxy) is 1. The van der Waals surface area contributed by atoms with Gasteiger partial charge in [-0.15, -0.1) is 0 Å². The Balaban J connectivity index is 1.44. The molecule has 0 bridgehead atoms. The van der Waals surface area contributed by atoms with Crippen LogP contribution in [0.3, 0.4) is 0 Å². The number of phenolic OH excluding ortho intramolecular Hbond substituents is 1. The van der Waals surface area contributed by atoms with Gasteiger partial charge in [0.25, 0.3) is 5.91 Å². The summed E-state index contributed by atoms with van der Waals surface area (Å²) in [7, 11) is 1.62. The van der Waals surface area contributed by atoms with E-state index in [2.05, 4.69) is 5.32 Å². The van der Waals surface area contributed by atoms with E-state index in [0.29, 0.717) is 46.4 Å². The van der Waals surface area contributed by atoms with Crippen molar-refractivity contribution in [3.63, 3.8) is 0 Å². The molecule has 186 valence electrons. The third kappa shape index (κ3) is 4.99. The normalized spacial score (nSPS) is 11.1. The molecular weight excluding hydrogens is 513 g/mol. The first kappa shape index (κ1) is 24.7. The second kappa shape index (κ2) is 10.2. The number of carbonyl (C=O) groups is 1. The van der Waals surface area contributed by atoms with Gasteiger partial charge in [-0.05, 0) is 53.9 Å². The van der Waals surface area contributed by atoms with Crippen LogP contribution in [0.5, 0.6) is 11.5 Å². The number of fused-ring (bicyclic) bond motifs is 2. The first-order chi connectivity index (χ1) is 17.8. The number of methoxy groups -OCH3 is 1. The molecule has 0 atom stereocenters. The molecule has 0 saturated carbocycles. The summed E-state index contributed by atoms with van der Waals surface area (Å²) in [5.41, 5.74) is 3.66. The van der Waals surface area contributed by atoms with Gasteiger partial charge >= 0.3 is 0 Å². The van der Waals surface area contributed by atoms with Crippen LogP contribution in [0.15, 0.2) is 82.0 Å². The topological polar surface area (TPSA) is 88.8 Å². The van der Waals surface area contributed by atoms with Crippen LogP contribution in [-0.2, 0) is 6.42 Å². The maximum atomic E-state index is 12.7. The number of amides is 1. The summed E-state index contributed by atoms with van der Waals surface area (Å²) in [5.74, 6) is 0.778. The minimum atomic E-state index is -0.372. The summed E-state index contributed by atoms with van der Waals surface area (Å²) in [4.78, 5) is 24.9. The van der Waals surface area contributed by atoms with Crippen LogP contribution in [0, 0.1) is 0 Å². The van der Waals surface area contributed by atoms with Gasteiger partial charge in [0.05, 0.1) is 17.2 Å². The van der Waals surface area contributed by atoms with Crippen LogP contribution in [0.2, 0.25) is 10.0 Å². The van der Waals surface area contributed by atoms with Crippen molar-refractivity contribution in [2.45, 2.75) is 6.42 Å². The van der Waals surface area contributed by atoms with Gasteiger partial charge in [0.15, 0.2) is 0 Å². The highest BCUT2D eigenvalue weighted by molar-refractivity contribution is 6.33. The Hall–Kier alpha value is -4.00. The van der Waals surface area contributed by atoms with E-state index >= 15 is 0 Å². The van der Waals surface area contributed by atoms with Crippen molar-refractivity contribution < 1.29 is 19.1 Å². The summed E-state index contributed by atoms with van der Waals surface area (Å²) < 4.78 is 11.1. The van der Waals surface area contributed by atoms with Crippen LogP contribution in [0.1, 0.15) is 15.9 Å². The monoisotopic (exact) mass is 533 g/mol. The predicted octanol–water partition coefficient (Wildman–Crippen LogP) is 6.56. The Labute approximate surface area is 222 Å². The lowest BCUT2D eigenvalue weighted by molar-refractivity contribution is 0.0954. The van der Waals surface area contributed by atoms with E-state index in [1.165, 1.54) is 12.1 Å². The Morgan fingerprint density at radius 3 is 2.41 bits per heavy atom. The van der Waals surface area contributed by atoms with Crippen molar-refractivity contribution in [2.24, 2.45) is 0 Å². The lowest BCUT2D eigenvalue weighted by atomic mass is 9.93. The summed E-state index contributed by atoms with van der Waals surface area (Å²) in [6.45, 7) is 0.487. The molecular formula is C29H21Cl2NO5. The third-order valence-corrected chi connectivity index (χ3v) is 6.73. The predicted molar refractivity (Wildman–Crippen MR) is 145 cm³/mol. The third-order valence-electron chi connectivity index (χ3n) is 6.14. The maximum Gasteiger partial charge on any atom is 0.251 e. The number of carbonyl (C=O) groups excluding carboxylic acids is 1. The molecule has 3 aromatic carbocycles. The summed E-state index contributed by atoms with van der Waals surface area (Å²) in [6.07, 6.45) is 0.690. The number of halogens is 2. The molecule has 5 rings (SSSR count). The first-order valence-corrected chi connectivity index (χ1v) is 12.2. The Morgan fingerprint density at radius 1 is 0.973 bits per heavy atom. The smallest absolute Gasteiger partial charge is 0.251 e. The van der Waals surface area contributed by atoms with E-state index in [9.17, 15) is 14.7 Å². The molecule has 1 aliphatic carbocycles. The van der Waals surface area contributed by atoms with Gasteiger partial charge in [-0.1, -0.05) is 47.5 Å². The number of benzene rings is 4. The van der Waals surface area contributed by atoms with Gasteiger partial charge in [0.2, 0.25) is 5.43 Å². The molecule has 0 unspecified atom stereocenters. The minimum absolute atomic E-state index is 0.0565. The lowest BCUT2D eigenvalue weighted by Gasteiger charge is -2.16. The number of aromatic hydroxyl groups is 1. The van der Waals surface area contributed by atoms with Crippen LogP contribution in [0.25, 0.3) is 33.4 Å². The minimum Gasteiger partial charge on any atom is -0.506 e. The fourth-order valence-electron chi connectivity index (χ4n) is 4.21. The molecule has 1 amide bonds.